The third kappa shape index (κ3) is 3.18. The number of halogens is 1. The lowest BCUT2D eigenvalue weighted by atomic mass is 9.57. The maximum atomic E-state index is 4.75. The minimum atomic E-state index is 0.148. The number of hydrogen-bond acceptors (Lipinski definition) is 5. The molecule has 3 saturated carbocycles. The molecule has 144 valence electrons. The summed E-state index contributed by atoms with van der Waals surface area (Å²) in [7, 11) is 0. The van der Waals surface area contributed by atoms with Crippen molar-refractivity contribution in [2.45, 2.75) is 88.1 Å². The average Bonchev–Trinajstić information content (AvgIpc) is 3.07. The molecule has 0 atom stereocenters. The highest BCUT2D eigenvalue weighted by Gasteiger charge is 2.52. The van der Waals surface area contributed by atoms with Crippen molar-refractivity contribution in [3.8, 4) is 0 Å². The van der Waals surface area contributed by atoms with Crippen LogP contribution in [-0.2, 0) is 18.4 Å². The Balaban J connectivity index is 1.36. The van der Waals surface area contributed by atoms with Crippen LogP contribution in [0.25, 0.3) is 0 Å². The zero-order chi connectivity index (χ0) is 18.3. The van der Waals surface area contributed by atoms with Crippen molar-refractivity contribution >= 4 is 21.9 Å². The van der Waals surface area contributed by atoms with Gasteiger partial charge in [0.2, 0.25) is 5.95 Å². The molecular weight excluding hydrogens is 404 g/mol. The third-order valence-corrected chi connectivity index (χ3v) is 7.49. The molecule has 2 aromatic heterocycles. The normalized spacial score (nSPS) is 30.4. The van der Waals surface area contributed by atoms with Crippen LogP contribution in [0.1, 0.15) is 75.9 Å². The number of fused-ring (bicyclic) bond motifs is 4. The molecule has 6 rings (SSSR count). The molecule has 4 aliphatic rings. The zero-order valence-electron chi connectivity index (χ0n) is 15.8. The largest absolute Gasteiger partial charge is 0.349 e. The minimum Gasteiger partial charge on any atom is -0.349 e. The summed E-state index contributed by atoms with van der Waals surface area (Å²) in [5, 5.41) is 13.0. The molecule has 1 aliphatic heterocycles. The van der Waals surface area contributed by atoms with Gasteiger partial charge in [0, 0.05) is 36.3 Å². The van der Waals surface area contributed by atoms with E-state index < -0.39 is 0 Å². The molecule has 3 heterocycles. The fourth-order valence-corrected chi connectivity index (χ4v) is 5.58. The first-order chi connectivity index (χ1) is 13.2. The molecule has 1 N–H and O–H groups in total. The fourth-order valence-electron chi connectivity index (χ4n) is 5.38. The van der Waals surface area contributed by atoms with E-state index in [1.165, 1.54) is 56.6 Å². The summed E-state index contributed by atoms with van der Waals surface area (Å²) >= 11 is 3.41. The number of nitrogens with one attached hydrogen (secondary N) is 1. The Morgan fingerprint density at radius 1 is 0.889 bits per heavy atom. The summed E-state index contributed by atoms with van der Waals surface area (Å²) in [6, 6.07) is 0. The molecule has 3 fully saturated rings. The number of hydrogen-bond donors (Lipinski definition) is 1. The number of aromatic nitrogens is 5. The number of nitrogens with zero attached hydrogens (tertiary/aromatic N) is 5. The molecule has 0 saturated heterocycles. The van der Waals surface area contributed by atoms with Crippen molar-refractivity contribution in [2.24, 2.45) is 0 Å². The van der Waals surface area contributed by atoms with Gasteiger partial charge in [-0.1, -0.05) is 12.8 Å². The Morgan fingerprint density at radius 3 is 2.33 bits per heavy atom. The van der Waals surface area contributed by atoms with E-state index >= 15 is 0 Å². The molecule has 2 aromatic rings. The highest BCUT2D eigenvalue weighted by molar-refractivity contribution is 9.10. The second-order valence-corrected chi connectivity index (χ2v) is 9.58. The van der Waals surface area contributed by atoms with Crippen LogP contribution in [0.2, 0.25) is 0 Å². The van der Waals surface area contributed by atoms with Gasteiger partial charge in [0.05, 0.1) is 4.47 Å². The molecule has 0 radical (unpaired) electrons. The summed E-state index contributed by atoms with van der Waals surface area (Å²) < 4.78 is 3.41. The predicted molar refractivity (Wildman–Crippen MR) is 108 cm³/mol. The molecular formula is C20H27BrN6. The van der Waals surface area contributed by atoms with Crippen molar-refractivity contribution in [1.29, 1.82) is 0 Å². The van der Waals surface area contributed by atoms with Gasteiger partial charge < -0.3 is 9.88 Å². The van der Waals surface area contributed by atoms with Crippen LogP contribution in [0.3, 0.4) is 0 Å². The first-order valence-corrected chi connectivity index (χ1v) is 11.2. The number of rotatable bonds is 3. The molecule has 27 heavy (non-hydrogen) atoms. The first-order valence-electron chi connectivity index (χ1n) is 10.4. The van der Waals surface area contributed by atoms with Gasteiger partial charge in [0.15, 0.2) is 0 Å². The Kier molecular flexibility index (Phi) is 4.45. The van der Waals surface area contributed by atoms with Crippen LogP contribution in [-0.4, -0.2) is 30.3 Å². The van der Waals surface area contributed by atoms with Crippen molar-refractivity contribution < 1.29 is 0 Å². The third-order valence-electron chi connectivity index (χ3n) is 7.08. The Morgan fingerprint density at radius 2 is 1.59 bits per heavy atom. The van der Waals surface area contributed by atoms with Gasteiger partial charge in [-0.3, -0.25) is 0 Å². The average molecular weight is 431 g/mol. The van der Waals surface area contributed by atoms with Crippen LogP contribution < -0.4 is 5.32 Å². The van der Waals surface area contributed by atoms with Crippen molar-refractivity contribution in [1.82, 2.24) is 24.7 Å². The lowest BCUT2D eigenvalue weighted by Crippen LogP contribution is -2.53. The second kappa shape index (κ2) is 6.83. The van der Waals surface area contributed by atoms with E-state index in [1.54, 1.807) is 0 Å². The summed E-state index contributed by atoms with van der Waals surface area (Å²) in [6.07, 6.45) is 17.0. The van der Waals surface area contributed by atoms with Gasteiger partial charge in [-0.05, 0) is 67.3 Å². The molecule has 0 spiro atoms. The van der Waals surface area contributed by atoms with Gasteiger partial charge >= 0.3 is 0 Å². The Labute approximate surface area is 168 Å². The monoisotopic (exact) mass is 430 g/mol. The molecule has 0 aromatic carbocycles. The standard InChI is InChI=1S/C20H27BrN6/c21-15-13-22-18(23-14-15)24-20-9-6-19(7-10-20,8-11-20)17-26-25-16-5-3-1-2-4-12-27(16)17/h13-14H,1-12H2,(H,22,23,24). The van der Waals surface area contributed by atoms with Gasteiger partial charge in [0.25, 0.3) is 0 Å². The van der Waals surface area contributed by atoms with Gasteiger partial charge in [-0.2, -0.15) is 0 Å². The predicted octanol–water partition coefficient (Wildman–Crippen LogP) is 4.40. The summed E-state index contributed by atoms with van der Waals surface area (Å²) in [4.78, 5) is 8.86. The molecule has 0 unspecified atom stereocenters. The van der Waals surface area contributed by atoms with Crippen LogP contribution in [0.5, 0.6) is 0 Å². The first kappa shape index (κ1) is 17.6. The van der Waals surface area contributed by atoms with E-state index in [9.17, 15) is 0 Å². The van der Waals surface area contributed by atoms with Crippen molar-refractivity contribution in [3.05, 3.63) is 28.5 Å². The molecule has 3 aliphatic carbocycles. The summed E-state index contributed by atoms with van der Waals surface area (Å²) in [6.45, 7) is 1.11. The van der Waals surface area contributed by atoms with E-state index in [0.717, 1.165) is 42.6 Å². The van der Waals surface area contributed by atoms with Gasteiger partial charge in [0.1, 0.15) is 11.6 Å². The summed E-state index contributed by atoms with van der Waals surface area (Å²) in [5.41, 5.74) is 0.378. The fraction of sp³-hybridized carbons (Fsp3) is 0.700. The second-order valence-electron chi connectivity index (χ2n) is 8.67. The van der Waals surface area contributed by atoms with E-state index in [-0.39, 0.29) is 11.0 Å². The lowest BCUT2D eigenvalue weighted by Gasteiger charge is -2.53. The van der Waals surface area contributed by atoms with E-state index in [1.807, 2.05) is 12.4 Å². The molecule has 6 nitrogen and oxygen atoms in total. The molecule has 7 heteroatoms. The summed E-state index contributed by atoms with van der Waals surface area (Å²) in [5.74, 6) is 3.26. The Hall–Kier alpha value is -1.50. The lowest BCUT2D eigenvalue weighted by molar-refractivity contribution is 0.110. The van der Waals surface area contributed by atoms with Gasteiger partial charge in [-0.15, -0.1) is 10.2 Å². The van der Waals surface area contributed by atoms with E-state index in [0.29, 0.717) is 0 Å². The maximum absolute atomic E-state index is 4.75. The maximum Gasteiger partial charge on any atom is 0.223 e. The van der Waals surface area contributed by atoms with Crippen LogP contribution >= 0.6 is 15.9 Å². The smallest absolute Gasteiger partial charge is 0.223 e. The SMILES string of the molecule is Brc1cnc(NC23CCC(c4nnc5n4CCCCCC5)(CC2)CC3)nc1. The van der Waals surface area contributed by atoms with E-state index in [4.69, 9.17) is 5.10 Å². The quantitative estimate of drug-likeness (QED) is 0.780. The topological polar surface area (TPSA) is 68.5 Å². The van der Waals surface area contributed by atoms with Crippen molar-refractivity contribution in [3.63, 3.8) is 0 Å². The highest BCUT2D eigenvalue weighted by Crippen LogP contribution is 2.54. The highest BCUT2D eigenvalue weighted by atomic mass is 79.9. The molecule has 0 amide bonds. The van der Waals surface area contributed by atoms with E-state index in [2.05, 4.69) is 40.9 Å². The van der Waals surface area contributed by atoms with Gasteiger partial charge in [-0.25, -0.2) is 9.97 Å². The van der Waals surface area contributed by atoms with Crippen LogP contribution in [0.4, 0.5) is 5.95 Å². The van der Waals surface area contributed by atoms with Crippen LogP contribution in [0, 0.1) is 0 Å². The van der Waals surface area contributed by atoms with Crippen molar-refractivity contribution in [2.75, 3.05) is 5.32 Å². The molecule has 2 bridgehead atoms. The number of aryl methyl sites for hydroxylation is 1. The zero-order valence-corrected chi connectivity index (χ0v) is 17.3. The minimum absolute atomic E-state index is 0.148. The Bertz CT molecular complexity index is 790. The van der Waals surface area contributed by atoms with Crippen LogP contribution in [0.15, 0.2) is 16.9 Å². The number of anilines is 1.